The summed E-state index contributed by atoms with van der Waals surface area (Å²) in [6.45, 7) is 1.72. The fourth-order valence-corrected chi connectivity index (χ4v) is 0. The number of aliphatic hydroxyl groups excluding tert-OH is 1. The van der Waals surface area contributed by atoms with Crippen molar-refractivity contribution < 1.29 is 10.3 Å². The van der Waals surface area contributed by atoms with Crippen molar-refractivity contribution in [2.75, 3.05) is 14.1 Å². The van der Waals surface area contributed by atoms with Gasteiger partial charge in [-0.3, -0.25) is 4.90 Å². The molecule has 0 aliphatic carbocycles. The van der Waals surface area contributed by atoms with Gasteiger partial charge in [0, 0.05) is 0 Å². The van der Waals surface area contributed by atoms with E-state index < -0.39 is 0 Å². The zero-order valence-corrected chi connectivity index (χ0v) is 5.77. The van der Waals surface area contributed by atoms with Crippen LogP contribution < -0.4 is 0 Å². The summed E-state index contributed by atoms with van der Waals surface area (Å²) in [4.78, 5) is 9.83. The summed E-state index contributed by atoms with van der Waals surface area (Å²) in [6.07, 6.45) is -0.315. The van der Waals surface area contributed by atoms with E-state index in [0.29, 0.717) is 0 Å². The van der Waals surface area contributed by atoms with Crippen molar-refractivity contribution in [3.8, 4) is 0 Å². The van der Waals surface area contributed by atoms with Crippen LogP contribution in [-0.4, -0.2) is 35.5 Å². The number of nitrogens with zero attached hydrogens (tertiary/aromatic N) is 2. The number of hydrogen-bond acceptors (Lipinski definition) is 4. The van der Waals surface area contributed by atoms with Crippen LogP contribution in [0.25, 0.3) is 0 Å². The van der Waals surface area contributed by atoms with Crippen molar-refractivity contribution in [2.24, 2.45) is 5.34 Å². The smallest absolute Gasteiger partial charge is 0.152 e. The highest BCUT2D eigenvalue weighted by molar-refractivity contribution is 4.35. The molecule has 0 spiro atoms. The van der Waals surface area contributed by atoms with E-state index in [0.717, 1.165) is 0 Å². The molecular formula is C4H12N2O3. The zero-order valence-electron chi connectivity index (χ0n) is 5.77. The van der Waals surface area contributed by atoms with E-state index in [9.17, 15) is 0 Å². The first-order chi connectivity index (χ1) is 4.06. The fraction of sp³-hybridized carbons (Fsp3) is 1.00. The molecule has 5 heteroatoms. The Labute approximate surface area is 53.8 Å². The zero-order chi connectivity index (χ0) is 7.86. The molecule has 1 atom stereocenters. The van der Waals surface area contributed by atoms with Gasteiger partial charge in [-0.2, -0.15) is 0 Å². The highest BCUT2D eigenvalue weighted by Crippen LogP contribution is 1.79. The average molecular weight is 136 g/mol. The SMILES string of the molecule is CC(O)N(C)C.O=NO. The van der Waals surface area contributed by atoms with Crippen molar-refractivity contribution in [3.05, 3.63) is 4.91 Å². The van der Waals surface area contributed by atoms with Crippen LogP contribution in [0.2, 0.25) is 0 Å². The van der Waals surface area contributed by atoms with Gasteiger partial charge in [0.25, 0.3) is 0 Å². The Morgan fingerprint density at radius 2 is 1.67 bits per heavy atom. The molecule has 0 aromatic heterocycles. The van der Waals surface area contributed by atoms with Crippen molar-refractivity contribution in [3.63, 3.8) is 0 Å². The molecule has 0 aliphatic heterocycles. The average Bonchev–Trinajstić information content (AvgIpc) is 1.68. The third-order valence-corrected chi connectivity index (χ3v) is 0.747. The Kier molecular flexibility index (Phi) is 9.08. The molecule has 0 radical (unpaired) electrons. The third kappa shape index (κ3) is 18.8. The lowest BCUT2D eigenvalue weighted by molar-refractivity contribution is 0.0578. The fourth-order valence-electron chi connectivity index (χ4n) is 0. The van der Waals surface area contributed by atoms with E-state index in [1.165, 1.54) is 5.34 Å². The first-order valence-corrected chi connectivity index (χ1v) is 2.37. The van der Waals surface area contributed by atoms with E-state index in [-0.39, 0.29) is 6.23 Å². The molecule has 0 aliphatic rings. The largest absolute Gasteiger partial charge is 0.379 e. The van der Waals surface area contributed by atoms with Crippen molar-refractivity contribution in [1.82, 2.24) is 4.90 Å². The summed E-state index contributed by atoms with van der Waals surface area (Å²) >= 11 is 0. The molecule has 0 aromatic carbocycles. The predicted octanol–water partition coefficient (Wildman–Crippen LogP) is 0.0283. The summed E-state index contributed by atoms with van der Waals surface area (Å²) in [6, 6.07) is 0. The van der Waals surface area contributed by atoms with Crippen LogP contribution in [0.5, 0.6) is 0 Å². The van der Waals surface area contributed by atoms with E-state index in [2.05, 4.69) is 0 Å². The van der Waals surface area contributed by atoms with Crippen LogP contribution in [0, 0.1) is 4.91 Å². The molecule has 0 saturated heterocycles. The normalized spacial score (nSPS) is 11.7. The van der Waals surface area contributed by atoms with Gasteiger partial charge >= 0.3 is 0 Å². The Balaban J connectivity index is 0. The van der Waals surface area contributed by atoms with Crippen molar-refractivity contribution in [1.29, 1.82) is 0 Å². The molecule has 0 aromatic rings. The number of hydrogen-bond donors (Lipinski definition) is 2. The minimum atomic E-state index is -0.315. The molecular weight excluding hydrogens is 124 g/mol. The third-order valence-electron chi connectivity index (χ3n) is 0.747. The molecule has 9 heavy (non-hydrogen) atoms. The van der Waals surface area contributed by atoms with Crippen LogP contribution >= 0.6 is 0 Å². The number of rotatable bonds is 1. The molecule has 56 valence electrons. The standard InChI is InChI=1S/C4H11NO.HNO2/c1-4(6)5(2)3;2-1-3/h4,6H,1-3H3;(H,2,3). The lowest BCUT2D eigenvalue weighted by atomic mass is 10.6. The summed E-state index contributed by atoms with van der Waals surface area (Å²) in [5.74, 6) is 0. The maximum Gasteiger partial charge on any atom is 0.152 e. The maximum absolute atomic E-state index is 8.56. The van der Waals surface area contributed by atoms with Gasteiger partial charge in [-0.15, -0.1) is 4.91 Å². The van der Waals surface area contributed by atoms with E-state index >= 15 is 0 Å². The molecule has 0 heterocycles. The van der Waals surface area contributed by atoms with Gasteiger partial charge in [0.1, 0.15) is 6.23 Å². The molecule has 1 unspecified atom stereocenters. The molecule has 0 rings (SSSR count). The summed E-state index contributed by atoms with van der Waals surface area (Å²) < 4.78 is 0. The van der Waals surface area contributed by atoms with Crippen molar-refractivity contribution in [2.45, 2.75) is 13.2 Å². The van der Waals surface area contributed by atoms with Crippen LogP contribution in [0.15, 0.2) is 5.34 Å². The Bertz CT molecular complexity index is 58.8. The first-order valence-electron chi connectivity index (χ1n) is 2.37. The minimum absolute atomic E-state index is 0.315. The molecule has 0 bridgehead atoms. The second kappa shape index (κ2) is 7.32. The Morgan fingerprint density at radius 3 is 1.67 bits per heavy atom. The molecule has 2 N–H and O–H groups in total. The highest BCUT2D eigenvalue weighted by Gasteiger charge is 1.92. The van der Waals surface area contributed by atoms with E-state index in [1.807, 2.05) is 14.1 Å². The van der Waals surface area contributed by atoms with E-state index in [1.54, 1.807) is 11.8 Å². The maximum atomic E-state index is 8.56. The Morgan fingerprint density at radius 1 is 1.56 bits per heavy atom. The lowest BCUT2D eigenvalue weighted by Gasteiger charge is -2.11. The Hall–Kier alpha value is -0.680. The highest BCUT2D eigenvalue weighted by atomic mass is 16.6. The van der Waals surface area contributed by atoms with Crippen LogP contribution in [0.1, 0.15) is 6.92 Å². The van der Waals surface area contributed by atoms with Gasteiger partial charge in [0.2, 0.25) is 0 Å². The van der Waals surface area contributed by atoms with Gasteiger partial charge in [0.15, 0.2) is 5.34 Å². The summed E-state index contributed by atoms with van der Waals surface area (Å²) in [5.41, 5.74) is 0. The second-order valence-electron chi connectivity index (χ2n) is 1.68. The van der Waals surface area contributed by atoms with Crippen molar-refractivity contribution >= 4 is 0 Å². The quantitative estimate of drug-likeness (QED) is 0.303. The van der Waals surface area contributed by atoms with Crippen LogP contribution in [0.4, 0.5) is 0 Å². The monoisotopic (exact) mass is 136 g/mol. The molecule has 0 amide bonds. The van der Waals surface area contributed by atoms with Gasteiger partial charge < -0.3 is 10.3 Å². The van der Waals surface area contributed by atoms with Gasteiger partial charge in [-0.05, 0) is 21.0 Å². The summed E-state index contributed by atoms with van der Waals surface area (Å²) in [7, 11) is 3.65. The van der Waals surface area contributed by atoms with Crippen LogP contribution in [-0.2, 0) is 0 Å². The van der Waals surface area contributed by atoms with Gasteiger partial charge in [-0.1, -0.05) is 0 Å². The minimum Gasteiger partial charge on any atom is -0.379 e. The van der Waals surface area contributed by atoms with Gasteiger partial charge in [-0.25, -0.2) is 0 Å². The molecule has 5 nitrogen and oxygen atoms in total. The van der Waals surface area contributed by atoms with Gasteiger partial charge in [0.05, 0.1) is 0 Å². The topological polar surface area (TPSA) is 73.1 Å². The predicted molar refractivity (Wildman–Crippen MR) is 32.9 cm³/mol. The summed E-state index contributed by atoms with van der Waals surface area (Å²) in [5, 5.41) is 16.4. The molecule has 0 saturated carbocycles. The van der Waals surface area contributed by atoms with E-state index in [4.69, 9.17) is 15.2 Å². The molecule has 0 fully saturated rings. The first kappa shape index (κ1) is 11.2. The van der Waals surface area contributed by atoms with Crippen LogP contribution in [0.3, 0.4) is 0 Å². The second-order valence-corrected chi connectivity index (χ2v) is 1.68. The lowest BCUT2D eigenvalue weighted by Crippen LogP contribution is -2.23. The number of aliphatic hydroxyl groups is 1.